The second kappa shape index (κ2) is 5.67. The van der Waals surface area contributed by atoms with Gasteiger partial charge in [-0.1, -0.05) is 0 Å². The number of anilines is 1. The van der Waals surface area contributed by atoms with Crippen molar-refractivity contribution in [3.05, 3.63) is 22.8 Å². The van der Waals surface area contributed by atoms with Gasteiger partial charge in [-0.25, -0.2) is 0 Å². The second-order valence-corrected chi connectivity index (χ2v) is 6.45. The van der Waals surface area contributed by atoms with E-state index in [-0.39, 0.29) is 10.5 Å². The van der Waals surface area contributed by atoms with Crippen molar-refractivity contribution in [3.8, 4) is 0 Å². The summed E-state index contributed by atoms with van der Waals surface area (Å²) in [4.78, 5) is 1.92. The van der Waals surface area contributed by atoms with E-state index >= 15 is 0 Å². The molecule has 7 heteroatoms. The van der Waals surface area contributed by atoms with Gasteiger partial charge in [-0.05, 0) is 36.6 Å². The van der Waals surface area contributed by atoms with Gasteiger partial charge in [-0.3, -0.25) is 4.90 Å². The molecule has 0 unspecified atom stereocenters. The molecular weight excluding hydrogens is 281 g/mol. The van der Waals surface area contributed by atoms with Crippen molar-refractivity contribution in [1.82, 2.24) is 10.2 Å². The summed E-state index contributed by atoms with van der Waals surface area (Å²) in [6.07, 6.45) is 0. The Morgan fingerprint density at radius 2 is 1.90 bits per heavy atom. The Morgan fingerprint density at radius 1 is 1.30 bits per heavy atom. The minimum absolute atomic E-state index is 0.275. The fraction of sp³-hybridized carbons (Fsp3) is 0.538. The number of hydrogen-bond donors (Lipinski definition) is 2. The first-order chi connectivity index (χ1) is 9.30. The average molecular weight is 301 g/mol. The van der Waals surface area contributed by atoms with Gasteiger partial charge in [-0.15, -0.1) is 3.89 Å². The summed E-state index contributed by atoms with van der Waals surface area (Å²) < 4.78 is 36.1. The van der Waals surface area contributed by atoms with E-state index in [2.05, 4.69) is 10.2 Å². The van der Waals surface area contributed by atoms with Gasteiger partial charge in [0.1, 0.15) is 4.90 Å². The number of nitrogens with two attached hydrogens (primary N) is 1. The molecule has 0 atom stereocenters. The van der Waals surface area contributed by atoms with Crippen LogP contribution in [0.4, 0.5) is 9.57 Å². The lowest BCUT2D eigenvalue weighted by atomic mass is 10.0. The second-order valence-electron chi connectivity index (χ2n) is 5.17. The molecule has 20 heavy (non-hydrogen) atoms. The Labute approximate surface area is 119 Å². The molecule has 0 saturated carbocycles. The number of nitrogen functional groups attached to an aromatic ring is 1. The van der Waals surface area contributed by atoms with E-state index in [9.17, 15) is 12.3 Å². The van der Waals surface area contributed by atoms with Gasteiger partial charge >= 0.3 is 10.2 Å². The maximum Gasteiger partial charge on any atom is 0.332 e. The molecule has 112 valence electrons. The van der Waals surface area contributed by atoms with Crippen LogP contribution in [-0.2, 0) is 16.8 Å². The SMILES string of the molecule is Cc1c(N)cc(CN2CCNCC2)c(C)c1S(=O)(=O)F. The van der Waals surface area contributed by atoms with Crippen LogP contribution in [0.2, 0.25) is 0 Å². The van der Waals surface area contributed by atoms with E-state index in [0.29, 0.717) is 17.8 Å². The summed E-state index contributed by atoms with van der Waals surface area (Å²) in [5.74, 6) is 0. The highest BCUT2D eigenvalue weighted by Crippen LogP contribution is 2.30. The minimum atomic E-state index is -4.76. The van der Waals surface area contributed by atoms with Crippen LogP contribution >= 0.6 is 0 Å². The molecule has 1 aromatic carbocycles. The Morgan fingerprint density at radius 3 is 2.45 bits per heavy atom. The van der Waals surface area contributed by atoms with E-state index in [0.717, 1.165) is 31.7 Å². The molecule has 1 aliphatic heterocycles. The van der Waals surface area contributed by atoms with E-state index < -0.39 is 10.2 Å². The van der Waals surface area contributed by atoms with Crippen molar-refractivity contribution in [3.63, 3.8) is 0 Å². The molecule has 1 saturated heterocycles. The molecule has 1 aromatic rings. The molecule has 0 aliphatic carbocycles. The normalized spacial score (nSPS) is 17.4. The Hall–Kier alpha value is -1.18. The predicted octanol–water partition coefficient (Wildman–Crippen LogP) is 0.949. The van der Waals surface area contributed by atoms with Crippen LogP contribution in [0.5, 0.6) is 0 Å². The van der Waals surface area contributed by atoms with Crippen LogP contribution in [0.3, 0.4) is 0 Å². The van der Waals surface area contributed by atoms with Crippen LogP contribution in [-0.4, -0.2) is 39.5 Å². The molecule has 2 rings (SSSR count). The van der Waals surface area contributed by atoms with E-state index in [1.54, 1.807) is 13.0 Å². The molecular formula is C13H20FN3O2S. The highest BCUT2D eigenvalue weighted by molar-refractivity contribution is 7.86. The first-order valence-electron chi connectivity index (χ1n) is 6.57. The van der Waals surface area contributed by atoms with Gasteiger partial charge in [0.15, 0.2) is 0 Å². The average Bonchev–Trinajstić information content (AvgIpc) is 2.36. The van der Waals surface area contributed by atoms with Crippen LogP contribution in [0.15, 0.2) is 11.0 Å². The number of piperazine rings is 1. The number of halogens is 1. The lowest BCUT2D eigenvalue weighted by molar-refractivity contribution is 0.232. The summed E-state index contributed by atoms with van der Waals surface area (Å²) >= 11 is 0. The summed E-state index contributed by atoms with van der Waals surface area (Å²) in [6.45, 7) is 7.31. The predicted molar refractivity (Wildman–Crippen MR) is 76.8 cm³/mol. The third kappa shape index (κ3) is 3.11. The third-order valence-electron chi connectivity index (χ3n) is 3.77. The Bertz CT molecular complexity index is 611. The molecule has 3 N–H and O–H groups in total. The standard InChI is InChI=1S/C13H20FN3O2S/c1-9-11(8-17-5-3-16-4-6-17)7-12(15)10(2)13(9)20(14,18)19/h7,16H,3-6,8,15H2,1-2H3. The molecule has 0 amide bonds. The van der Waals surface area contributed by atoms with Gasteiger partial charge in [0, 0.05) is 38.4 Å². The van der Waals surface area contributed by atoms with Crippen LogP contribution < -0.4 is 11.1 Å². The smallest absolute Gasteiger partial charge is 0.332 e. The van der Waals surface area contributed by atoms with Crippen LogP contribution in [0, 0.1) is 13.8 Å². The van der Waals surface area contributed by atoms with Crippen molar-refractivity contribution >= 4 is 15.9 Å². The first-order valence-corrected chi connectivity index (χ1v) is 7.95. The van der Waals surface area contributed by atoms with Crippen LogP contribution in [0.25, 0.3) is 0 Å². The molecule has 0 aromatic heterocycles. The third-order valence-corrected chi connectivity index (χ3v) is 4.87. The zero-order valence-electron chi connectivity index (χ0n) is 11.7. The molecule has 0 spiro atoms. The molecule has 5 nitrogen and oxygen atoms in total. The lowest BCUT2D eigenvalue weighted by Gasteiger charge is -2.28. The quantitative estimate of drug-likeness (QED) is 0.642. The van der Waals surface area contributed by atoms with E-state index in [4.69, 9.17) is 5.73 Å². The van der Waals surface area contributed by atoms with Crippen molar-refractivity contribution in [2.75, 3.05) is 31.9 Å². The van der Waals surface area contributed by atoms with E-state index in [1.165, 1.54) is 6.92 Å². The fourth-order valence-electron chi connectivity index (χ4n) is 2.60. The minimum Gasteiger partial charge on any atom is -0.398 e. The van der Waals surface area contributed by atoms with Gasteiger partial charge < -0.3 is 11.1 Å². The highest BCUT2D eigenvalue weighted by Gasteiger charge is 2.23. The maximum absolute atomic E-state index is 13.5. The first kappa shape index (κ1) is 15.2. The van der Waals surface area contributed by atoms with Crippen LogP contribution in [0.1, 0.15) is 16.7 Å². The summed E-state index contributed by atoms with van der Waals surface area (Å²) in [5.41, 5.74) is 7.66. The molecule has 1 fully saturated rings. The highest BCUT2D eigenvalue weighted by atomic mass is 32.3. The van der Waals surface area contributed by atoms with Crippen molar-refractivity contribution < 1.29 is 12.3 Å². The fourth-order valence-corrected chi connectivity index (χ4v) is 3.58. The summed E-state index contributed by atoms with van der Waals surface area (Å²) in [5, 5.41) is 3.25. The molecule has 0 radical (unpaired) electrons. The number of nitrogens with one attached hydrogen (secondary N) is 1. The van der Waals surface area contributed by atoms with Crippen molar-refractivity contribution in [2.24, 2.45) is 0 Å². The molecule has 0 bridgehead atoms. The summed E-state index contributed by atoms with van der Waals surface area (Å²) in [7, 11) is -4.76. The topological polar surface area (TPSA) is 75.4 Å². The largest absolute Gasteiger partial charge is 0.398 e. The van der Waals surface area contributed by atoms with E-state index in [1.807, 2.05) is 0 Å². The van der Waals surface area contributed by atoms with Gasteiger partial charge in [0.25, 0.3) is 0 Å². The maximum atomic E-state index is 13.5. The zero-order valence-corrected chi connectivity index (χ0v) is 12.6. The molecule has 1 heterocycles. The number of hydrogen-bond acceptors (Lipinski definition) is 5. The van der Waals surface area contributed by atoms with Crippen molar-refractivity contribution in [1.29, 1.82) is 0 Å². The molecule has 1 aliphatic rings. The zero-order chi connectivity index (χ0) is 14.9. The van der Waals surface area contributed by atoms with Gasteiger partial charge in [0.2, 0.25) is 0 Å². The lowest BCUT2D eigenvalue weighted by Crippen LogP contribution is -2.43. The number of benzene rings is 1. The van der Waals surface area contributed by atoms with Gasteiger partial charge in [-0.2, -0.15) is 8.42 Å². The Kier molecular flexibility index (Phi) is 4.31. The monoisotopic (exact) mass is 301 g/mol. The van der Waals surface area contributed by atoms with Gasteiger partial charge in [0.05, 0.1) is 0 Å². The Balaban J connectivity index is 2.41. The number of nitrogens with zero attached hydrogens (tertiary/aromatic N) is 1. The summed E-state index contributed by atoms with van der Waals surface area (Å²) in [6, 6.07) is 1.75. The number of rotatable bonds is 3. The van der Waals surface area contributed by atoms with Crippen molar-refractivity contribution in [2.45, 2.75) is 25.3 Å².